The van der Waals surface area contributed by atoms with Crippen LogP contribution in [-0.2, 0) is 71.7 Å². The number of ether oxygens (including phenoxy) is 8. The van der Waals surface area contributed by atoms with Crippen molar-refractivity contribution in [2.24, 2.45) is 50.2 Å². The zero-order chi connectivity index (χ0) is 60.8. The van der Waals surface area contributed by atoms with Crippen LogP contribution < -0.4 is 0 Å². The largest absolute Gasteiger partial charge is 0.480 e. The molecular formula is C53H82O28S. The predicted molar refractivity (Wildman–Crippen MR) is 271 cm³/mol. The lowest BCUT2D eigenvalue weighted by molar-refractivity contribution is -0.387. The summed E-state index contributed by atoms with van der Waals surface area (Å²) in [5, 5.41) is 126. The third-order valence-corrected chi connectivity index (χ3v) is 21.1. The summed E-state index contributed by atoms with van der Waals surface area (Å²) in [6, 6.07) is 0. The van der Waals surface area contributed by atoms with Gasteiger partial charge in [0.15, 0.2) is 25.0 Å². The second-order valence-electron chi connectivity index (χ2n) is 26.0. The van der Waals surface area contributed by atoms with Gasteiger partial charge in [-0.05, 0) is 109 Å². The number of aliphatic carboxylic acids is 3. The van der Waals surface area contributed by atoms with E-state index in [-0.39, 0.29) is 28.6 Å². The van der Waals surface area contributed by atoms with E-state index in [1.54, 1.807) is 0 Å². The number of carboxylic acid groups (broad SMARTS) is 3. The van der Waals surface area contributed by atoms with Crippen molar-refractivity contribution in [3.63, 3.8) is 0 Å². The molecule has 0 bridgehead atoms. The summed E-state index contributed by atoms with van der Waals surface area (Å²) >= 11 is 0. The number of esters is 1. The molecule has 0 aromatic heterocycles. The number of aliphatic hydroxyl groups excluding tert-OH is 9. The first-order valence-corrected chi connectivity index (χ1v) is 29.2. The van der Waals surface area contributed by atoms with Gasteiger partial charge in [-0.1, -0.05) is 60.1 Å². The number of hydrogen-bond donors (Lipinski definition) is 13. The van der Waals surface area contributed by atoms with Crippen LogP contribution in [0.4, 0.5) is 0 Å². The number of allylic oxidation sites excluding steroid dienone is 2. The van der Waals surface area contributed by atoms with E-state index in [0.717, 1.165) is 5.57 Å². The molecule has 3 aliphatic heterocycles. The fourth-order valence-corrected chi connectivity index (χ4v) is 16.5. The molecule has 3 saturated heterocycles. The van der Waals surface area contributed by atoms with Gasteiger partial charge in [0.25, 0.3) is 0 Å². The van der Waals surface area contributed by atoms with Crippen LogP contribution in [0.3, 0.4) is 0 Å². The first-order valence-electron chi connectivity index (χ1n) is 27.8. The Labute approximate surface area is 473 Å². The Balaban J connectivity index is 1.09. The van der Waals surface area contributed by atoms with Crippen molar-refractivity contribution in [1.82, 2.24) is 0 Å². The summed E-state index contributed by atoms with van der Waals surface area (Å²) in [6.45, 7) is 12.0. The summed E-state index contributed by atoms with van der Waals surface area (Å²) in [5.74, 6) is -6.50. The summed E-state index contributed by atoms with van der Waals surface area (Å²) in [7, 11) is -5.17. The Hall–Kier alpha value is -3.15. The molecule has 0 amide bonds. The van der Waals surface area contributed by atoms with Crippen LogP contribution >= 0.6 is 0 Å². The van der Waals surface area contributed by atoms with Crippen LogP contribution in [0.5, 0.6) is 0 Å². The second kappa shape index (κ2) is 23.5. The van der Waals surface area contributed by atoms with Gasteiger partial charge in [-0.3, -0.25) is 9.35 Å². The molecule has 5 aliphatic carbocycles. The minimum absolute atomic E-state index is 0.0327. The molecular weight excluding hydrogens is 1120 g/mol. The molecule has 0 radical (unpaired) electrons. The molecule has 29 heteroatoms. The monoisotopic (exact) mass is 1200 g/mol. The first kappa shape index (κ1) is 64.8. The first-order chi connectivity index (χ1) is 38.0. The highest BCUT2D eigenvalue weighted by molar-refractivity contribution is 7.80. The molecule has 28 nitrogen and oxygen atoms in total. The van der Waals surface area contributed by atoms with E-state index >= 15 is 0 Å². The quantitative estimate of drug-likeness (QED) is 0.0256. The van der Waals surface area contributed by atoms with Crippen LogP contribution in [0.15, 0.2) is 11.6 Å². The van der Waals surface area contributed by atoms with Crippen LogP contribution in [0, 0.1) is 50.2 Å². The Morgan fingerprint density at radius 1 is 0.695 bits per heavy atom. The lowest BCUT2D eigenvalue weighted by Crippen LogP contribution is -2.68. The van der Waals surface area contributed by atoms with Gasteiger partial charge in [-0.2, -0.15) is 8.42 Å². The average molecular weight is 1200 g/mol. The van der Waals surface area contributed by atoms with Crippen molar-refractivity contribution in [2.75, 3.05) is 19.8 Å². The standard InChI is InChI=1S/C53H82O28S/c1-48(2)14-16-53(47(69)80-45-34(62)32(60)37(25(20-55)75-45)81-82(70,71)72)17-15-51(6)22(23(53)18-48)8-9-27-50(5)12-11-28(49(3,4)26(50)10-13-52(27,51)7)76-46-40(79-44-33(61)31(59)30(58)24(19-54)74-44)38(35(63)39(78-46)42(67)68)77-43(36(64)41(65)66)73-21-29(56)57/h8,23-28,30-40,43-46,54-55,58-64H,9-21H2,1-7H3,(H,56,57)(H,65,66)(H,67,68)(H,70,71,72). The average Bonchev–Trinajstić information content (AvgIpc) is 0.730. The van der Waals surface area contributed by atoms with Crippen molar-refractivity contribution in [3.05, 3.63) is 11.6 Å². The summed E-state index contributed by atoms with van der Waals surface area (Å²) < 4.78 is 84.0. The lowest BCUT2D eigenvalue weighted by Gasteiger charge is -2.71. The molecule has 25 atom stereocenters. The van der Waals surface area contributed by atoms with Gasteiger partial charge in [0.1, 0.15) is 73.8 Å². The fraction of sp³-hybridized carbons (Fsp3) is 0.887. The molecule has 3 heterocycles. The van der Waals surface area contributed by atoms with Crippen molar-refractivity contribution in [2.45, 2.75) is 223 Å². The topological polar surface area (TPSA) is 448 Å². The van der Waals surface area contributed by atoms with Gasteiger partial charge >= 0.3 is 34.3 Å². The summed E-state index contributed by atoms with van der Waals surface area (Å²) in [4.78, 5) is 51.4. The van der Waals surface area contributed by atoms with E-state index < -0.39 is 186 Å². The molecule has 8 aliphatic rings. The number of carboxylic acids is 3. The van der Waals surface area contributed by atoms with E-state index in [4.69, 9.17) is 37.9 Å². The Bertz CT molecular complexity index is 2510. The maximum Gasteiger partial charge on any atom is 0.397 e. The molecule has 0 spiro atoms. The summed E-state index contributed by atoms with van der Waals surface area (Å²) in [6.07, 6.45) is -27.9. The van der Waals surface area contributed by atoms with E-state index in [9.17, 15) is 93.4 Å². The third kappa shape index (κ3) is 11.5. The molecule has 8 rings (SSSR count). The van der Waals surface area contributed by atoms with E-state index in [1.807, 2.05) is 13.8 Å². The van der Waals surface area contributed by atoms with Gasteiger partial charge in [0.05, 0.1) is 24.7 Å². The minimum Gasteiger partial charge on any atom is -0.480 e. The van der Waals surface area contributed by atoms with Crippen LogP contribution in [-0.4, -0.2) is 229 Å². The Morgan fingerprint density at radius 3 is 1.94 bits per heavy atom. The smallest absolute Gasteiger partial charge is 0.397 e. The molecule has 0 aromatic rings. The van der Waals surface area contributed by atoms with Gasteiger partial charge in [-0.15, -0.1) is 0 Å². The van der Waals surface area contributed by atoms with Crippen LogP contribution in [0.2, 0.25) is 0 Å². The number of rotatable bonds is 18. The molecule has 4 saturated carbocycles. The predicted octanol–water partition coefficient (Wildman–Crippen LogP) is -1.04. The van der Waals surface area contributed by atoms with E-state index in [2.05, 4.69) is 44.9 Å². The highest BCUT2D eigenvalue weighted by Crippen LogP contribution is 2.76. The van der Waals surface area contributed by atoms with Gasteiger partial charge in [-0.25, -0.2) is 18.6 Å². The maximum absolute atomic E-state index is 14.9. The lowest BCUT2D eigenvalue weighted by atomic mass is 9.33. The highest BCUT2D eigenvalue weighted by atomic mass is 32.3. The van der Waals surface area contributed by atoms with Crippen molar-refractivity contribution in [3.8, 4) is 0 Å². The maximum atomic E-state index is 14.9. The minimum atomic E-state index is -5.17. The normalized spacial score (nSPS) is 46.1. The van der Waals surface area contributed by atoms with Gasteiger partial charge in [0, 0.05) is 0 Å². The van der Waals surface area contributed by atoms with Crippen molar-refractivity contribution in [1.29, 1.82) is 0 Å². The molecule has 25 unspecified atom stereocenters. The van der Waals surface area contributed by atoms with Crippen molar-refractivity contribution < 1.29 is 136 Å². The molecule has 468 valence electrons. The van der Waals surface area contributed by atoms with E-state index in [0.29, 0.717) is 64.2 Å². The number of hydrogen-bond acceptors (Lipinski definition) is 24. The number of carbonyl (C=O) groups excluding carboxylic acids is 1. The van der Waals surface area contributed by atoms with Gasteiger partial charge < -0.3 is 99.2 Å². The number of fused-ring (bicyclic) bond motifs is 7. The van der Waals surface area contributed by atoms with E-state index in [1.165, 1.54) is 0 Å². The Morgan fingerprint density at radius 2 is 1.33 bits per heavy atom. The van der Waals surface area contributed by atoms with Crippen LogP contribution in [0.1, 0.15) is 113 Å². The zero-order valence-electron chi connectivity index (χ0n) is 46.7. The SMILES string of the molecule is CC1(C)CCC2(C(=O)OC3OC(CO)C(OS(=O)(=O)O)C(O)C3O)CCC3(C)C(=CCC4C5(C)CCC(OC6OC(C(=O)O)C(O)C(OC(OCC(=O)O)C(O)C(=O)O)C6OC6OC(CO)C(O)C(O)C6O)C(C)(C)C5CCC43C)C2C1. The number of aliphatic hydroxyl groups is 9. The highest BCUT2D eigenvalue weighted by Gasteiger charge is 2.70. The second-order valence-corrected chi connectivity index (χ2v) is 27.0. The molecule has 82 heavy (non-hydrogen) atoms. The van der Waals surface area contributed by atoms with Crippen LogP contribution in [0.25, 0.3) is 0 Å². The molecule has 0 aromatic carbocycles. The number of carbonyl (C=O) groups is 4. The Kier molecular flexibility index (Phi) is 18.6. The zero-order valence-corrected chi connectivity index (χ0v) is 47.6. The van der Waals surface area contributed by atoms with Crippen molar-refractivity contribution >= 4 is 34.3 Å². The summed E-state index contributed by atoms with van der Waals surface area (Å²) in [5.41, 5.74) is -2.29. The third-order valence-electron chi connectivity index (χ3n) is 20.6. The molecule has 13 N–H and O–H groups in total. The fourth-order valence-electron chi connectivity index (χ4n) is 16.0. The molecule has 7 fully saturated rings. The van der Waals surface area contributed by atoms with Gasteiger partial charge in [0.2, 0.25) is 12.4 Å².